The van der Waals surface area contributed by atoms with Crippen molar-refractivity contribution in [1.82, 2.24) is 25.2 Å². The summed E-state index contributed by atoms with van der Waals surface area (Å²) in [6.45, 7) is 14.4. The third kappa shape index (κ3) is 7.70. The van der Waals surface area contributed by atoms with E-state index in [4.69, 9.17) is 18.6 Å². The number of methoxy groups -OCH3 is 1. The van der Waals surface area contributed by atoms with Gasteiger partial charge in [0.15, 0.2) is 8.32 Å². The van der Waals surface area contributed by atoms with Crippen LogP contribution in [-0.2, 0) is 22.3 Å². The van der Waals surface area contributed by atoms with E-state index in [9.17, 15) is 4.79 Å². The number of aromatic nitrogens is 5. The highest BCUT2D eigenvalue weighted by Gasteiger charge is 2.37. The van der Waals surface area contributed by atoms with Gasteiger partial charge < -0.3 is 18.6 Å². The summed E-state index contributed by atoms with van der Waals surface area (Å²) >= 11 is 0. The third-order valence-electron chi connectivity index (χ3n) is 9.39. The number of H-pyrrole nitrogens is 1. The van der Waals surface area contributed by atoms with Gasteiger partial charge in [-0.05, 0) is 91.5 Å². The summed E-state index contributed by atoms with van der Waals surface area (Å²) in [4.78, 5) is 12.8. The van der Waals surface area contributed by atoms with Crippen molar-refractivity contribution in [2.75, 3.05) is 13.7 Å². The molecule has 0 amide bonds. The lowest BCUT2D eigenvalue weighted by molar-refractivity contribution is 0.0507. The van der Waals surface area contributed by atoms with Gasteiger partial charge in [0, 0.05) is 11.8 Å². The number of hydrogen-bond acceptors (Lipinski definition) is 8. The van der Waals surface area contributed by atoms with E-state index in [0.717, 1.165) is 48.3 Å². The highest BCUT2D eigenvalue weighted by atomic mass is 28.4. The molecule has 2 aromatic heterocycles. The minimum atomic E-state index is -1.94. The van der Waals surface area contributed by atoms with Crippen LogP contribution < -0.4 is 9.47 Å². The minimum absolute atomic E-state index is 0.0665. The van der Waals surface area contributed by atoms with E-state index in [2.05, 4.69) is 72.6 Å². The van der Waals surface area contributed by atoms with Crippen LogP contribution in [0.2, 0.25) is 18.1 Å². The fourth-order valence-corrected chi connectivity index (χ4v) is 6.51. The molecule has 10 nitrogen and oxygen atoms in total. The molecular weight excluding hydrogens is 599 g/mol. The average Bonchev–Trinajstić information content (AvgIpc) is 3.71. The normalized spacial score (nSPS) is 17.1. The molecule has 0 bridgehead atoms. The lowest BCUT2D eigenvalue weighted by Gasteiger charge is -2.36. The summed E-state index contributed by atoms with van der Waals surface area (Å²) in [6, 6.07) is 16.5. The topological polar surface area (TPSA) is 113 Å². The van der Waals surface area contributed by atoms with Crippen molar-refractivity contribution >= 4 is 14.3 Å². The van der Waals surface area contributed by atoms with E-state index in [-0.39, 0.29) is 23.4 Å². The molecule has 4 aromatic rings. The van der Waals surface area contributed by atoms with Gasteiger partial charge in [-0.2, -0.15) is 5.10 Å². The third-order valence-corrected chi connectivity index (χ3v) is 13.9. The Morgan fingerprint density at radius 1 is 1.04 bits per heavy atom. The van der Waals surface area contributed by atoms with Gasteiger partial charge in [0.1, 0.15) is 11.9 Å². The van der Waals surface area contributed by atoms with E-state index in [1.807, 2.05) is 30.3 Å². The lowest BCUT2D eigenvalue weighted by Crippen LogP contribution is -2.40. The van der Waals surface area contributed by atoms with Crippen molar-refractivity contribution in [3.8, 4) is 22.9 Å². The first kappa shape index (κ1) is 33.4. The van der Waals surface area contributed by atoms with Crippen LogP contribution in [0.3, 0.4) is 0 Å². The molecule has 0 spiro atoms. The maximum Gasteiger partial charge on any atom is 0.364 e. The number of rotatable bonds is 12. The smallest absolute Gasteiger partial charge is 0.364 e. The van der Waals surface area contributed by atoms with Gasteiger partial charge in [-0.25, -0.2) is 9.48 Å². The molecule has 246 valence electrons. The monoisotopic (exact) mass is 645 g/mol. The number of hydrogen-bond donors (Lipinski definition) is 1. The van der Waals surface area contributed by atoms with Gasteiger partial charge >= 0.3 is 5.97 Å². The largest absolute Gasteiger partial charge is 0.497 e. The summed E-state index contributed by atoms with van der Waals surface area (Å²) in [7, 11) is -0.301. The molecule has 11 heteroatoms. The Bertz CT molecular complexity index is 1590. The van der Waals surface area contributed by atoms with Crippen molar-refractivity contribution < 1.29 is 23.4 Å². The fourth-order valence-electron chi connectivity index (χ4n) is 5.56. The molecule has 2 heterocycles. The summed E-state index contributed by atoms with van der Waals surface area (Å²) in [5.41, 5.74) is 5.71. The Hall–Kier alpha value is -3.96. The molecule has 0 aliphatic heterocycles. The van der Waals surface area contributed by atoms with Crippen molar-refractivity contribution in [2.24, 2.45) is 0 Å². The molecule has 1 fully saturated rings. The first-order valence-corrected chi connectivity index (χ1v) is 19.1. The van der Waals surface area contributed by atoms with Crippen LogP contribution in [0, 0.1) is 0 Å². The molecular formula is C35H47N5O5Si. The van der Waals surface area contributed by atoms with Crippen LogP contribution in [0.15, 0.2) is 54.7 Å². The van der Waals surface area contributed by atoms with Gasteiger partial charge in [0.2, 0.25) is 11.6 Å². The molecule has 46 heavy (non-hydrogen) atoms. The zero-order valence-corrected chi connectivity index (χ0v) is 29.1. The van der Waals surface area contributed by atoms with E-state index in [1.54, 1.807) is 24.9 Å². The van der Waals surface area contributed by atoms with E-state index in [0.29, 0.717) is 24.9 Å². The first-order valence-electron chi connectivity index (χ1n) is 16.2. The Morgan fingerprint density at radius 3 is 2.41 bits per heavy atom. The summed E-state index contributed by atoms with van der Waals surface area (Å²) in [5.74, 6) is 0.992. The fraction of sp³-hybridized carbons (Fsp3) is 0.486. The summed E-state index contributed by atoms with van der Waals surface area (Å²) in [5, 5.41) is 15.9. The van der Waals surface area contributed by atoms with E-state index >= 15 is 0 Å². The van der Waals surface area contributed by atoms with Gasteiger partial charge in [0.05, 0.1) is 32.6 Å². The number of nitrogens with one attached hydrogen (secondary N) is 1. The number of carbonyl (C=O) groups is 1. The Balaban J connectivity index is 1.31. The second kappa shape index (κ2) is 14.2. The minimum Gasteiger partial charge on any atom is -0.497 e. The van der Waals surface area contributed by atoms with Crippen LogP contribution in [-0.4, -0.2) is 59.3 Å². The zero-order chi connectivity index (χ0) is 32.9. The molecule has 0 radical (unpaired) electrons. The van der Waals surface area contributed by atoms with E-state index < -0.39 is 14.3 Å². The quantitative estimate of drug-likeness (QED) is 0.124. The summed E-state index contributed by atoms with van der Waals surface area (Å²) < 4.78 is 25.4. The maximum atomic E-state index is 12.8. The Kier molecular flexibility index (Phi) is 10.3. The number of benzene rings is 2. The molecule has 0 unspecified atom stereocenters. The zero-order valence-electron chi connectivity index (χ0n) is 28.1. The van der Waals surface area contributed by atoms with Gasteiger partial charge in [-0.1, -0.05) is 56.3 Å². The highest BCUT2D eigenvalue weighted by Crippen LogP contribution is 2.40. The molecule has 1 aliphatic carbocycles. The predicted octanol–water partition coefficient (Wildman–Crippen LogP) is 7.53. The standard InChI is InChI=1S/C35H47N5O5Si/c1-8-43-34(41)32-33(40(39-38-32)22-24-9-14-28(42-5)15-10-24)45-29-16-11-25(12-17-29)26-13-18-30(31-19-20-36-37-31)27(21-26)23-44-46(6,7)35(2,3)4/h9-10,13-15,18-21,25,29H,8,11-12,16-17,22-23H2,1-7H3,(H,36,37). The molecule has 5 rings (SSSR count). The Morgan fingerprint density at radius 2 is 1.78 bits per heavy atom. The molecule has 1 saturated carbocycles. The number of ether oxygens (including phenoxy) is 3. The van der Waals surface area contributed by atoms with Crippen molar-refractivity contribution in [3.05, 3.63) is 77.1 Å². The lowest BCUT2D eigenvalue weighted by atomic mass is 9.81. The van der Waals surface area contributed by atoms with Crippen molar-refractivity contribution in [3.63, 3.8) is 0 Å². The van der Waals surface area contributed by atoms with Crippen LogP contribution in [0.5, 0.6) is 11.6 Å². The van der Waals surface area contributed by atoms with Crippen LogP contribution in [0.25, 0.3) is 11.3 Å². The van der Waals surface area contributed by atoms with E-state index in [1.165, 1.54) is 11.1 Å². The maximum absolute atomic E-state index is 12.8. The second-order valence-electron chi connectivity index (χ2n) is 13.5. The van der Waals surface area contributed by atoms with Crippen LogP contribution >= 0.6 is 0 Å². The number of aromatic amines is 1. The summed E-state index contributed by atoms with van der Waals surface area (Å²) in [6.07, 6.45) is 5.34. The van der Waals surface area contributed by atoms with Gasteiger partial charge in [-0.15, -0.1) is 5.10 Å². The van der Waals surface area contributed by atoms with Crippen molar-refractivity contribution in [2.45, 2.75) is 96.7 Å². The van der Waals surface area contributed by atoms with Crippen LogP contribution in [0.4, 0.5) is 0 Å². The van der Waals surface area contributed by atoms with Crippen molar-refractivity contribution in [1.29, 1.82) is 0 Å². The number of nitrogens with zero attached hydrogens (tertiary/aromatic N) is 4. The first-order chi connectivity index (χ1) is 22.0. The van der Waals surface area contributed by atoms with Gasteiger partial charge in [0.25, 0.3) is 0 Å². The Labute approximate surface area is 272 Å². The number of carbonyl (C=O) groups excluding carboxylic acids is 1. The SMILES string of the molecule is CCOC(=O)c1nnn(Cc2ccc(OC)cc2)c1OC1CCC(c2ccc(-c3ccn[nH]3)c(CO[Si](C)(C)C(C)(C)C)c2)CC1. The molecule has 1 N–H and O–H groups in total. The predicted molar refractivity (Wildman–Crippen MR) is 180 cm³/mol. The molecule has 0 atom stereocenters. The number of esters is 1. The average molecular weight is 646 g/mol. The molecule has 2 aromatic carbocycles. The van der Waals surface area contributed by atoms with Gasteiger partial charge in [-0.3, -0.25) is 5.10 Å². The highest BCUT2D eigenvalue weighted by molar-refractivity contribution is 6.74. The second-order valence-corrected chi connectivity index (χ2v) is 18.3. The molecule has 0 saturated heterocycles. The molecule has 1 aliphatic rings. The van der Waals surface area contributed by atoms with Crippen LogP contribution in [0.1, 0.15) is 86.5 Å².